The van der Waals surface area contributed by atoms with Gasteiger partial charge in [0.1, 0.15) is 5.68 Å². The molecule has 118 valence electrons. The number of hydrogen-bond donors (Lipinski definition) is 2. The minimum Gasteiger partial charge on any atom is -0.419 e. The van der Waals surface area contributed by atoms with Crippen LogP contribution in [0.15, 0.2) is 0 Å². The summed E-state index contributed by atoms with van der Waals surface area (Å²) in [5, 5.41) is 9.66. The van der Waals surface area contributed by atoms with E-state index in [1.54, 1.807) is 4.90 Å². The lowest BCUT2D eigenvalue weighted by Crippen LogP contribution is -2.42. The van der Waals surface area contributed by atoms with E-state index in [9.17, 15) is 14.7 Å². The average molecular weight is 296 g/mol. The Morgan fingerprint density at radius 1 is 1.43 bits per heavy atom. The molecule has 2 fully saturated rings. The Morgan fingerprint density at radius 3 is 2.76 bits per heavy atom. The third-order valence-electron chi connectivity index (χ3n) is 4.77. The molecule has 1 heterocycles. The van der Waals surface area contributed by atoms with Gasteiger partial charge in [-0.1, -0.05) is 13.8 Å². The standard InChI is InChI=1S/C14H25BN2O4/c1-14(2)4-9-6-17(11(7-18)10(9)5-14)13(20)3-12(19)15-21-8-16/h9-11,15,18H,3-8,16H2,1-2H3/t9-,10-,11+/m0/s1. The van der Waals surface area contributed by atoms with Crippen molar-refractivity contribution < 1.29 is 19.3 Å². The maximum Gasteiger partial charge on any atom is 0.352 e. The second kappa shape index (κ2) is 6.46. The van der Waals surface area contributed by atoms with Gasteiger partial charge in [-0.2, -0.15) is 0 Å². The van der Waals surface area contributed by atoms with Gasteiger partial charge in [-0.3, -0.25) is 4.79 Å². The summed E-state index contributed by atoms with van der Waals surface area (Å²) in [5.41, 5.74) is 5.17. The predicted octanol–water partition coefficient (Wildman–Crippen LogP) is -0.557. The number of aliphatic hydroxyl groups is 1. The number of nitrogens with two attached hydrogens (primary N) is 1. The van der Waals surface area contributed by atoms with Crippen LogP contribution in [0.2, 0.25) is 0 Å². The molecule has 1 saturated carbocycles. The Morgan fingerprint density at radius 2 is 2.14 bits per heavy atom. The number of carbonyl (C=O) groups excluding carboxylic acids is 2. The molecule has 3 atom stereocenters. The van der Waals surface area contributed by atoms with Crippen molar-refractivity contribution in [1.29, 1.82) is 0 Å². The van der Waals surface area contributed by atoms with E-state index >= 15 is 0 Å². The highest BCUT2D eigenvalue weighted by Crippen LogP contribution is 2.51. The summed E-state index contributed by atoms with van der Waals surface area (Å²) >= 11 is 0. The van der Waals surface area contributed by atoms with Crippen LogP contribution >= 0.6 is 0 Å². The predicted molar refractivity (Wildman–Crippen MR) is 79.5 cm³/mol. The Hall–Kier alpha value is -0.915. The van der Waals surface area contributed by atoms with Crippen LogP contribution in [0.4, 0.5) is 0 Å². The summed E-state index contributed by atoms with van der Waals surface area (Å²) in [6.07, 6.45) is 1.93. The molecule has 0 unspecified atom stereocenters. The number of rotatable bonds is 6. The lowest BCUT2D eigenvalue weighted by Gasteiger charge is -2.29. The minimum absolute atomic E-state index is 0.0257. The van der Waals surface area contributed by atoms with Crippen molar-refractivity contribution in [1.82, 2.24) is 4.90 Å². The van der Waals surface area contributed by atoms with E-state index in [0.29, 0.717) is 18.4 Å². The number of likely N-dealkylation sites (tertiary alicyclic amines) is 1. The van der Waals surface area contributed by atoms with Crippen molar-refractivity contribution in [2.75, 3.05) is 19.9 Å². The summed E-state index contributed by atoms with van der Waals surface area (Å²) in [7, 11) is -0.125. The molecule has 0 radical (unpaired) electrons. The maximum absolute atomic E-state index is 12.3. The van der Waals surface area contributed by atoms with Gasteiger partial charge >= 0.3 is 7.48 Å². The highest BCUT2D eigenvalue weighted by atomic mass is 16.4. The number of hydrogen-bond acceptors (Lipinski definition) is 5. The van der Waals surface area contributed by atoms with E-state index in [2.05, 4.69) is 13.8 Å². The molecule has 0 bridgehead atoms. The summed E-state index contributed by atoms with van der Waals surface area (Å²) in [6.45, 7) is 5.07. The highest BCUT2D eigenvalue weighted by molar-refractivity contribution is 6.70. The quantitative estimate of drug-likeness (QED) is 0.389. The zero-order valence-electron chi connectivity index (χ0n) is 12.9. The molecule has 6 nitrogen and oxygen atoms in total. The normalized spacial score (nSPS) is 30.3. The first-order valence-electron chi connectivity index (χ1n) is 7.58. The molecule has 0 aromatic heterocycles. The Kier molecular flexibility index (Phi) is 5.06. The van der Waals surface area contributed by atoms with Gasteiger partial charge < -0.3 is 25.2 Å². The van der Waals surface area contributed by atoms with Crippen LogP contribution in [-0.2, 0) is 14.2 Å². The Bertz CT molecular complexity index is 416. The molecular formula is C14H25BN2O4. The summed E-state index contributed by atoms with van der Waals surface area (Å²) < 4.78 is 4.82. The van der Waals surface area contributed by atoms with Crippen LogP contribution in [0.5, 0.6) is 0 Å². The second-order valence-electron chi connectivity index (χ2n) is 7.02. The monoisotopic (exact) mass is 296 g/mol. The van der Waals surface area contributed by atoms with Crippen molar-refractivity contribution in [3.05, 3.63) is 0 Å². The topological polar surface area (TPSA) is 92.9 Å². The first kappa shape index (κ1) is 16.5. The van der Waals surface area contributed by atoms with Crippen LogP contribution < -0.4 is 5.73 Å². The Labute approximate surface area is 126 Å². The number of aliphatic hydroxyl groups excluding tert-OH is 1. The molecular weight excluding hydrogens is 271 g/mol. The number of carbonyl (C=O) groups is 2. The van der Waals surface area contributed by atoms with Gasteiger partial charge in [-0.05, 0) is 30.1 Å². The first-order chi connectivity index (χ1) is 9.88. The fourth-order valence-corrected chi connectivity index (χ4v) is 4.03. The smallest absolute Gasteiger partial charge is 0.352 e. The molecule has 1 aliphatic heterocycles. The molecule has 0 spiro atoms. The fraction of sp³-hybridized carbons (Fsp3) is 0.857. The molecule has 21 heavy (non-hydrogen) atoms. The highest BCUT2D eigenvalue weighted by Gasteiger charge is 2.50. The van der Waals surface area contributed by atoms with E-state index in [0.717, 1.165) is 12.8 Å². The second-order valence-corrected chi connectivity index (χ2v) is 7.02. The summed E-state index contributed by atoms with van der Waals surface area (Å²) in [6, 6.07) is -0.146. The SMILES string of the molecule is CC1(C)C[C@H]2CN(C(=O)CC(=O)BOCN)[C@H](CO)[C@H]2C1. The van der Waals surface area contributed by atoms with Crippen LogP contribution in [0, 0.1) is 17.3 Å². The van der Waals surface area contributed by atoms with Gasteiger partial charge in [-0.25, -0.2) is 0 Å². The third-order valence-corrected chi connectivity index (χ3v) is 4.77. The van der Waals surface area contributed by atoms with Gasteiger partial charge in [0.05, 0.1) is 25.8 Å². The maximum atomic E-state index is 12.3. The van der Waals surface area contributed by atoms with Crippen LogP contribution in [-0.4, -0.2) is 55.0 Å². The molecule has 2 rings (SSSR count). The lowest BCUT2D eigenvalue weighted by atomic mass is 9.88. The molecule has 0 aromatic carbocycles. The van der Waals surface area contributed by atoms with E-state index in [1.165, 1.54) is 0 Å². The number of fused-ring (bicyclic) bond motifs is 1. The van der Waals surface area contributed by atoms with Gasteiger partial charge in [0.25, 0.3) is 0 Å². The number of amides is 1. The fourth-order valence-electron chi connectivity index (χ4n) is 4.03. The van der Waals surface area contributed by atoms with E-state index in [4.69, 9.17) is 10.4 Å². The minimum atomic E-state index is -0.264. The summed E-state index contributed by atoms with van der Waals surface area (Å²) in [5.74, 6) is 0.590. The van der Waals surface area contributed by atoms with Crippen LogP contribution in [0.3, 0.4) is 0 Å². The molecule has 7 heteroatoms. The van der Waals surface area contributed by atoms with Crippen molar-refractivity contribution in [3.63, 3.8) is 0 Å². The molecule has 1 amide bonds. The molecule has 1 aliphatic carbocycles. The van der Waals surface area contributed by atoms with Gasteiger partial charge in [0.15, 0.2) is 0 Å². The van der Waals surface area contributed by atoms with E-state index in [1.807, 2.05) is 0 Å². The lowest BCUT2D eigenvalue weighted by molar-refractivity contribution is -0.135. The van der Waals surface area contributed by atoms with Crippen LogP contribution in [0.1, 0.15) is 33.1 Å². The molecule has 1 saturated heterocycles. The average Bonchev–Trinajstić information content (AvgIpc) is 2.87. The van der Waals surface area contributed by atoms with Gasteiger partial charge in [0.2, 0.25) is 5.91 Å². The van der Waals surface area contributed by atoms with Crippen molar-refractivity contribution in [2.24, 2.45) is 23.0 Å². The van der Waals surface area contributed by atoms with E-state index < -0.39 is 0 Å². The Balaban J connectivity index is 1.95. The molecule has 0 aromatic rings. The first-order valence-corrected chi connectivity index (χ1v) is 7.58. The van der Waals surface area contributed by atoms with E-state index in [-0.39, 0.29) is 50.3 Å². The van der Waals surface area contributed by atoms with Crippen molar-refractivity contribution >= 4 is 19.1 Å². The molecule has 3 N–H and O–H groups in total. The largest absolute Gasteiger partial charge is 0.419 e. The zero-order valence-corrected chi connectivity index (χ0v) is 12.9. The van der Waals surface area contributed by atoms with Crippen molar-refractivity contribution in [2.45, 2.75) is 39.2 Å². The van der Waals surface area contributed by atoms with Crippen molar-refractivity contribution in [3.8, 4) is 0 Å². The van der Waals surface area contributed by atoms with Gasteiger partial charge in [0, 0.05) is 6.54 Å². The zero-order chi connectivity index (χ0) is 15.6. The van der Waals surface area contributed by atoms with Gasteiger partial charge in [-0.15, -0.1) is 0 Å². The summed E-state index contributed by atoms with van der Waals surface area (Å²) in [4.78, 5) is 25.6. The van der Waals surface area contributed by atoms with Crippen LogP contribution in [0.25, 0.3) is 0 Å². The number of nitrogens with zero attached hydrogens (tertiary/aromatic N) is 1. The molecule has 2 aliphatic rings. The third kappa shape index (κ3) is 3.65.